The molecule has 0 spiro atoms. The number of likely N-dealkylation sites (tertiary alicyclic amines) is 1. The minimum Gasteiger partial charge on any atom is -0.466 e. The van der Waals surface area contributed by atoms with Crippen LogP contribution in [0.25, 0.3) is 0 Å². The van der Waals surface area contributed by atoms with Crippen LogP contribution >= 0.6 is 11.3 Å². The molecule has 2 aliphatic rings. The van der Waals surface area contributed by atoms with E-state index >= 15 is 0 Å². The highest BCUT2D eigenvalue weighted by Gasteiger charge is 2.35. The average molecular weight is 428 g/mol. The first-order valence-electron chi connectivity index (χ1n) is 10.3. The largest absolute Gasteiger partial charge is 0.466 e. The Labute approximate surface area is 179 Å². The molecule has 4 rings (SSSR count). The van der Waals surface area contributed by atoms with Gasteiger partial charge < -0.3 is 15.0 Å². The number of amides is 2. The Morgan fingerprint density at radius 2 is 2.03 bits per heavy atom. The zero-order valence-electron chi connectivity index (χ0n) is 16.9. The summed E-state index contributed by atoms with van der Waals surface area (Å²) in [5, 5.41) is 3.43. The number of carbonyl (C=O) groups excluding carboxylic acids is 3. The van der Waals surface area contributed by atoms with Crippen molar-refractivity contribution >= 4 is 34.3 Å². The zero-order chi connectivity index (χ0) is 21.1. The van der Waals surface area contributed by atoms with E-state index in [4.69, 9.17) is 4.74 Å². The number of hydrogen-bond donors (Lipinski definition) is 1. The number of thiazole rings is 1. The lowest BCUT2D eigenvalue weighted by Crippen LogP contribution is -2.28. The standard InChI is InChI=1S/C22H25N3O4S/c1-2-29-21(28)15-8-9-17-18(10-15)30-22(23-17)24-20(27)16-11-19(26)25(13-16)12-14-6-4-3-5-7-14/h3-7,15-16H,2,8-13H2,1H3,(H,23,24,27). The quantitative estimate of drug-likeness (QED) is 0.716. The Morgan fingerprint density at radius 3 is 2.80 bits per heavy atom. The topological polar surface area (TPSA) is 88.6 Å². The van der Waals surface area contributed by atoms with Gasteiger partial charge in [0.1, 0.15) is 0 Å². The number of nitrogens with zero attached hydrogens (tertiary/aromatic N) is 2. The molecule has 1 saturated heterocycles. The van der Waals surface area contributed by atoms with Gasteiger partial charge in [0.25, 0.3) is 0 Å². The predicted molar refractivity (Wildman–Crippen MR) is 113 cm³/mol. The molecule has 0 bridgehead atoms. The Bertz CT molecular complexity index is 943. The van der Waals surface area contributed by atoms with E-state index in [0.717, 1.165) is 16.1 Å². The average Bonchev–Trinajstić information content (AvgIpc) is 3.31. The maximum atomic E-state index is 12.7. The summed E-state index contributed by atoms with van der Waals surface area (Å²) in [5.41, 5.74) is 2.00. The molecule has 0 saturated carbocycles. The van der Waals surface area contributed by atoms with Crippen molar-refractivity contribution in [2.24, 2.45) is 11.8 Å². The maximum absolute atomic E-state index is 12.7. The smallest absolute Gasteiger partial charge is 0.309 e. The Kier molecular flexibility index (Phi) is 6.13. The molecule has 0 radical (unpaired) electrons. The summed E-state index contributed by atoms with van der Waals surface area (Å²) in [4.78, 5) is 44.4. The van der Waals surface area contributed by atoms with Crippen LogP contribution in [0.5, 0.6) is 0 Å². The molecule has 30 heavy (non-hydrogen) atoms. The van der Waals surface area contributed by atoms with Crippen molar-refractivity contribution in [3.8, 4) is 0 Å². The number of carbonyl (C=O) groups is 3. The lowest BCUT2D eigenvalue weighted by molar-refractivity contribution is -0.148. The minimum atomic E-state index is -0.380. The van der Waals surface area contributed by atoms with Gasteiger partial charge in [-0.25, -0.2) is 4.98 Å². The van der Waals surface area contributed by atoms with E-state index in [1.54, 1.807) is 11.8 Å². The van der Waals surface area contributed by atoms with Crippen LogP contribution < -0.4 is 5.32 Å². The van der Waals surface area contributed by atoms with Crippen LogP contribution in [0.15, 0.2) is 30.3 Å². The van der Waals surface area contributed by atoms with Gasteiger partial charge in [-0.1, -0.05) is 30.3 Å². The van der Waals surface area contributed by atoms with Crippen LogP contribution in [0.3, 0.4) is 0 Å². The predicted octanol–water partition coefficient (Wildman–Crippen LogP) is 2.80. The summed E-state index contributed by atoms with van der Waals surface area (Å²) >= 11 is 1.42. The molecule has 1 aromatic heterocycles. The van der Waals surface area contributed by atoms with Crippen molar-refractivity contribution in [1.29, 1.82) is 0 Å². The molecule has 7 nitrogen and oxygen atoms in total. The van der Waals surface area contributed by atoms with Crippen LogP contribution in [0.4, 0.5) is 5.13 Å². The zero-order valence-corrected chi connectivity index (χ0v) is 17.7. The van der Waals surface area contributed by atoms with E-state index in [9.17, 15) is 14.4 Å². The molecule has 8 heteroatoms. The molecular formula is C22H25N3O4S. The summed E-state index contributed by atoms with van der Waals surface area (Å²) in [6.45, 7) is 3.12. The highest BCUT2D eigenvalue weighted by molar-refractivity contribution is 7.15. The molecule has 2 aromatic rings. The number of aromatic nitrogens is 1. The summed E-state index contributed by atoms with van der Waals surface area (Å²) in [6.07, 6.45) is 2.25. The highest BCUT2D eigenvalue weighted by Crippen LogP contribution is 2.33. The Hall–Kier alpha value is -2.74. The molecule has 1 fully saturated rings. The number of anilines is 1. The van der Waals surface area contributed by atoms with E-state index in [-0.39, 0.29) is 36.0 Å². The van der Waals surface area contributed by atoms with Crippen LogP contribution in [0.2, 0.25) is 0 Å². The van der Waals surface area contributed by atoms with E-state index in [1.165, 1.54) is 11.3 Å². The number of hydrogen-bond acceptors (Lipinski definition) is 6. The Morgan fingerprint density at radius 1 is 1.23 bits per heavy atom. The SMILES string of the molecule is CCOC(=O)C1CCc2nc(NC(=O)C3CC(=O)N(Cc4ccccc4)C3)sc2C1. The molecule has 2 heterocycles. The van der Waals surface area contributed by atoms with Crippen LogP contribution in [-0.2, 0) is 38.5 Å². The number of fused-ring (bicyclic) bond motifs is 1. The molecule has 2 unspecified atom stereocenters. The van der Waals surface area contributed by atoms with Crippen LogP contribution in [-0.4, -0.2) is 40.8 Å². The summed E-state index contributed by atoms with van der Waals surface area (Å²) in [5.74, 6) is -0.860. The third-order valence-corrected chi connectivity index (χ3v) is 6.63. The van der Waals surface area contributed by atoms with Gasteiger partial charge in [0.05, 0.1) is 24.1 Å². The van der Waals surface area contributed by atoms with Crippen molar-refractivity contribution in [2.75, 3.05) is 18.5 Å². The van der Waals surface area contributed by atoms with Gasteiger partial charge in [0.2, 0.25) is 11.8 Å². The lowest BCUT2D eigenvalue weighted by atomic mass is 9.91. The first-order chi connectivity index (χ1) is 14.5. The number of benzene rings is 1. The molecular weight excluding hydrogens is 402 g/mol. The minimum absolute atomic E-state index is 0.00489. The third kappa shape index (κ3) is 4.53. The van der Waals surface area contributed by atoms with Gasteiger partial charge in [-0.05, 0) is 31.7 Å². The second-order valence-corrected chi connectivity index (χ2v) is 8.81. The molecule has 1 aromatic carbocycles. The molecule has 1 N–H and O–H groups in total. The molecule has 2 atom stereocenters. The molecule has 1 aliphatic carbocycles. The van der Waals surface area contributed by atoms with Crippen molar-refractivity contribution in [3.63, 3.8) is 0 Å². The van der Waals surface area contributed by atoms with Crippen LogP contribution in [0.1, 0.15) is 35.9 Å². The molecule has 2 amide bonds. The van der Waals surface area contributed by atoms with Gasteiger partial charge >= 0.3 is 5.97 Å². The third-order valence-electron chi connectivity index (χ3n) is 5.59. The van der Waals surface area contributed by atoms with E-state index in [1.807, 2.05) is 30.3 Å². The monoisotopic (exact) mass is 427 g/mol. The second kappa shape index (κ2) is 8.95. The first kappa shape index (κ1) is 20.5. The van der Waals surface area contributed by atoms with Gasteiger partial charge in [-0.2, -0.15) is 0 Å². The van der Waals surface area contributed by atoms with Gasteiger partial charge in [-0.3, -0.25) is 14.4 Å². The highest BCUT2D eigenvalue weighted by atomic mass is 32.1. The van der Waals surface area contributed by atoms with Crippen LogP contribution in [0, 0.1) is 11.8 Å². The summed E-state index contributed by atoms with van der Waals surface area (Å²) < 4.78 is 5.14. The van der Waals surface area contributed by atoms with Gasteiger partial charge in [0, 0.05) is 24.4 Å². The Balaban J connectivity index is 1.35. The van der Waals surface area contributed by atoms with Crippen molar-refractivity contribution < 1.29 is 19.1 Å². The van der Waals surface area contributed by atoms with Gasteiger partial charge in [0.15, 0.2) is 5.13 Å². The number of esters is 1. The van der Waals surface area contributed by atoms with E-state index in [2.05, 4.69) is 10.3 Å². The number of aryl methyl sites for hydroxylation is 1. The molecule has 1 aliphatic heterocycles. The number of ether oxygens (including phenoxy) is 1. The summed E-state index contributed by atoms with van der Waals surface area (Å²) in [6, 6.07) is 9.77. The fourth-order valence-electron chi connectivity index (χ4n) is 4.00. The maximum Gasteiger partial charge on any atom is 0.309 e. The second-order valence-electron chi connectivity index (χ2n) is 7.73. The summed E-state index contributed by atoms with van der Waals surface area (Å²) in [7, 11) is 0. The molecule has 158 valence electrons. The lowest BCUT2D eigenvalue weighted by Gasteiger charge is -2.18. The van der Waals surface area contributed by atoms with Crippen molar-refractivity contribution in [1.82, 2.24) is 9.88 Å². The normalized spacial score (nSPS) is 20.7. The fraction of sp³-hybridized carbons (Fsp3) is 0.455. The number of nitrogens with one attached hydrogen (secondary N) is 1. The van der Waals surface area contributed by atoms with E-state index in [0.29, 0.717) is 44.1 Å². The van der Waals surface area contributed by atoms with Crippen molar-refractivity contribution in [3.05, 3.63) is 46.5 Å². The fourth-order valence-corrected chi connectivity index (χ4v) is 5.09. The first-order valence-corrected chi connectivity index (χ1v) is 11.1. The number of rotatable bonds is 6. The van der Waals surface area contributed by atoms with E-state index < -0.39 is 0 Å². The van der Waals surface area contributed by atoms with Gasteiger partial charge in [-0.15, -0.1) is 11.3 Å². The van der Waals surface area contributed by atoms with Crippen molar-refractivity contribution in [2.45, 2.75) is 39.2 Å².